The number of hydrogen-bond donors (Lipinski definition) is 0. The monoisotopic (exact) mass is 363 g/mol. The van der Waals surface area contributed by atoms with Crippen LogP contribution in [0.3, 0.4) is 0 Å². The Balaban J connectivity index is 2.30. The number of methoxy groups -OCH3 is 1. The topological polar surface area (TPSA) is 46.6 Å². The molecule has 134 valence electrons. The maximum Gasteiger partial charge on any atom is 0.406 e. The fourth-order valence-electron chi connectivity index (χ4n) is 2.95. The van der Waals surface area contributed by atoms with Gasteiger partial charge in [-0.3, -0.25) is 4.79 Å². The van der Waals surface area contributed by atoms with Crippen LogP contribution in [0.25, 0.3) is 0 Å². The maximum absolute atomic E-state index is 13.0. The highest BCUT2D eigenvalue weighted by atomic mass is 32.1. The molecule has 1 aromatic rings. The molecule has 1 fully saturated rings. The number of carbonyl (C=O) groups is 2. The fraction of sp³-hybridized carbons (Fsp3) is 0.625. The summed E-state index contributed by atoms with van der Waals surface area (Å²) in [6.45, 7) is 0.668. The van der Waals surface area contributed by atoms with Crippen molar-refractivity contribution in [2.24, 2.45) is 11.8 Å². The molecule has 0 aromatic carbocycles. The molecule has 0 N–H and O–H groups in total. The number of anilines is 1. The summed E-state index contributed by atoms with van der Waals surface area (Å²) in [5.74, 6) is -1.26. The molecule has 24 heavy (non-hydrogen) atoms. The highest BCUT2D eigenvalue weighted by molar-refractivity contribution is 7.12. The van der Waals surface area contributed by atoms with Crippen LogP contribution >= 0.6 is 11.3 Å². The van der Waals surface area contributed by atoms with Gasteiger partial charge in [-0.2, -0.15) is 13.2 Å². The molecule has 1 heterocycles. The summed E-state index contributed by atoms with van der Waals surface area (Å²) in [5.41, 5.74) is -0.0206. The van der Waals surface area contributed by atoms with E-state index in [0.29, 0.717) is 23.7 Å². The van der Waals surface area contributed by atoms with Gasteiger partial charge in [0.05, 0.1) is 12.8 Å². The van der Waals surface area contributed by atoms with Gasteiger partial charge in [-0.25, -0.2) is 4.79 Å². The number of hydrogen-bond acceptors (Lipinski definition) is 4. The molecular formula is C16H20F3NO3S. The number of esters is 1. The second kappa shape index (κ2) is 7.55. The number of nitrogens with zero attached hydrogens (tertiary/aromatic N) is 1. The van der Waals surface area contributed by atoms with Crippen molar-refractivity contribution < 1.29 is 27.5 Å². The van der Waals surface area contributed by atoms with Gasteiger partial charge in [0.2, 0.25) is 5.91 Å². The summed E-state index contributed by atoms with van der Waals surface area (Å²) in [7, 11) is 1.16. The van der Waals surface area contributed by atoms with E-state index >= 15 is 0 Å². The first kappa shape index (κ1) is 18.8. The Bertz CT molecular complexity index is 592. The molecule has 1 amide bonds. The quantitative estimate of drug-likeness (QED) is 0.751. The van der Waals surface area contributed by atoms with Crippen molar-refractivity contribution in [1.29, 1.82) is 0 Å². The molecule has 4 nitrogen and oxygen atoms in total. The lowest BCUT2D eigenvalue weighted by molar-refractivity contribution is -0.135. The van der Waals surface area contributed by atoms with Crippen LogP contribution in [-0.2, 0) is 9.53 Å². The SMILES string of the molecule is COC(=O)c1sccc1N(CC(F)(F)F)C(=O)[C@H]1CC[C@H](C)CC1. The molecular weight excluding hydrogens is 343 g/mol. The van der Waals surface area contributed by atoms with Crippen LogP contribution in [-0.4, -0.2) is 31.7 Å². The van der Waals surface area contributed by atoms with Crippen molar-refractivity contribution in [2.45, 2.75) is 38.8 Å². The molecule has 0 radical (unpaired) electrons. The number of carbonyl (C=O) groups excluding carboxylic acids is 2. The number of thiophene rings is 1. The number of rotatable bonds is 4. The first-order valence-electron chi connectivity index (χ1n) is 7.77. The van der Waals surface area contributed by atoms with E-state index in [4.69, 9.17) is 0 Å². The lowest BCUT2D eigenvalue weighted by Crippen LogP contribution is -2.43. The molecule has 0 unspecified atom stereocenters. The molecule has 1 aromatic heterocycles. The van der Waals surface area contributed by atoms with Crippen molar-refractivity contribution in [3.8, 4) is 0 Å². The van der Waals surface area contributed by atoms with Crippen LogP contribution < -0.4 is 4.90 Å². The molecule has 0 atom stereocenters. The van der Waals surface area contributed by atoms with E-state index in [1.165, 1.54) is 11.4 Å². The zero-order chi connectivity index (χ0) is 17.9. The summed E-state index contributed by atoms with van der Waals surface area (Å²) in [6, 6.07) is 1.37. The molecule has 0 saturated heterocycles. The molecule has 8 heteroatoms. The third-order valence-corrected chi connectivity index (χ3v) is 5.16. The average Bonchev–Trinajstić information content (AvgIpc) is 3.00. The van der Waals surface area contributed by atoms with Crippen molar-refractivity contribution in [3.63, 3.8) is 0 Å². The minimum absolute atomic E-state index is 0.0132. The van der Waals surface area contributed by atoms with E-state index in [-0.39, 0.29) is 10.6 Å². The molecule has 0 aliphatic heterocycles. The number of amides is 1. The number of alkyl halides is 3. The van der Waals surface area contributed by atoms with Gasteiger partial charge < -0.3 is 9.64 Å². The van der Waals surface area contributed by atoms with Gasteiger partial charge in [-0.05, 0) is 43.0 Å². The van der Waals surface area contributed by atoms with Crippen molar-refractivity contribution in [3.05, 3.63) is 16.3 Å². The Kier molecular flexibility index (Phi) is 5.90. The van der Waals surface area contributed by atoms with Crippen LogP contribution in [0.1, 0.15) is 42.3 Å². The Morgan fingerprint density at radius 2 is 1.92 bits per heavy atom. The van der Waals surface area contributed by atoms with Crippen molar-refractivity contribution in [2.75, 3.05) is 18.6 Å². The van der Waals surface area contributed by atoms with E-state index in [1.54, 1.807) is 0 Å². The summed E-state index contributed by atoms with van der Waals surface area (Å²) in [4.78, 5) is 25.2. The lowest BCUT2D eigenvalue weighted by Gasteiger charge is -2.31. The van der Waals surface area contributed by atoms with E-state index in [1.807, 2.05) is 0 Å². The normalized spacial score (nSPS) is 21.4. The molecule has 1 saturated carbocycles. The Labute approximate surface area is 142 Å². The van der Waals surface area contributed by atoms with Gasteiger partial charge in [0.1, 0.15) is 11.4 Å². The van der Waals surface area contributed by atoms with E-state index in [2.05, 4.69) is 11.7 Å². The molecule has 0 bridgehead atoms. The van der Waals surface area contributed by atoms with E-state index in [0.717, 1.165) is 31.3 Å². The predicted octanol–water partition coefficient (Wildman–Crippen LogP) is 4.26. The Hall–Kier alpha value is -1.57. The lowest BCUT2D eigenvalue weighted by atomic mass is 9.82. The smallest absolute Gasteiger partial charge is 0.406 e. The second-order valence-electron chi connectivity index (χ2n) is 6.12. The summed E-state index contributed by atoms with van der Waals surface area (Å²) in [6.07, 6.45) is -1.75. The van der Waals surface area contributed by atoms with Crippen LogP contribution in [0.2, 0.25) is 0 Å². The van der Waals surface area contributed by atoms with Gasteiger partial charge in [-0.15, -0.1) is 11.3 Å². The van der Waals surface area contributed by atoms with Crippen LogP contribution in [0.15, 0.2) is 11.4 Å². The molecule has 1 aliphatic carbocycles. The minimum Gasteiger partial charge on any atom is -0.465 e. The second-order valence-corrected chi connectivity index (χ2v) is 7.04. The maximum atomic E-state index is 13.0. The Morgan fingerprint density at radius 1 is 1.29 bits per heavy atom. The van der Waals surface area contributed by atoms with E-state index in [9.17, 15) is 22.8 Å². The first-order valence-corrected chi connectivity index (χ1v) is 8.65. The summed E-state index contributed by atoms with van der Waals surface area (Å²) >= 11 is 0.965. The first-order chi connectivity index (χ1) is 11.2. The predicted molar refractivity (Wildman–Crippen MR) is 85.2 cm³/mol. The van der Waals surface area contributed by atoms with Crippen molar-refractivity contribution >= 4 is 28.9 Å². The zero-order valence-corrected chi connectivity index (χ0v) is 14.4. The summed E-state index contributed by atoms with van der Waals surface area (Å²) < 4.78 is 43.6. The van der Waals surface area contributed by atoms with Gasteiger partial charge in [0.15, 0.2) is 0 Å². The third-order valence-electron chi connectivity index (χ3n) is 4.27. The van der Waals surface area contributed by atoms with Crippen molar-refractivity contribution in [1.82, 2.24) is 0 Å². The molecule has 2 rings (SSSR count). The van der Waals surface area contributed by atoms with E-state index < -0.39 is 30.5 Å². The average molecular weight is 363 g/mol. The van der Waals surface area contributed by atoms with Gasteiger partial charge in [-0.1, -0.05) is 6.92 Å². The summed E-state index contributed by atoms with van der Waals surface area (Å²) in [5, 5.41) is 1.49. The van der Waals surface area contributed by atoms with Crippen LogP contribution in [0.5, 0.6) is 0 Å². The van der Waals surface area contributed by atoms with Crippen LogP contribution in [0.4, 0.5) is 18.9 Å². The van der Waals surface area contributed by atoms with Gasteiger partial charge in [0, 0.05) is 5.92 Å². The third kappa shape index (κ3) is 4.49. The molecule has 1 aliphatic rings. The Morgan fingerprint density at radius 3 is 2.46 bits per heavy atom. The van der Waals surface area contributed by atoms with Gasteiger partial charge in [0.25, 0.3) is 0 Å². The largest absolute Gasteiger partial charge is 0.465 e. The number of ether oxygens (including phenoxy) is 1. The highest BCUT2D eigenvalue weighted by Crippen LogP contribution is 2.35. The number of halogens is 3. The zero-order valence-electron chi connectivity index (χ0n) is 13.6. The van der Waals surface area contributed by atoms with Crippen LogP contribution in [0, 0.1) is 11.8 Å². The minimum atomic E-state index is -4.55. The molecule has 0 spiro atoms. The fourth-order valence-corrected chi connectivity index (χ4v) is 3.76. The standard InChI is InChI=1S/C16H20F3NO3S/c1-10-3-5-11(6-4-10)14(21)20(9-16(17,18)19)12-7-8-24-13(12)15(22)23-2/h7-8,10-11H,3-6,9H2,1-2H3/t10-,11-. The van der Waals surface area contributed by atoms with Gasteiger partial charge >= 0.3 is 12.1 Å². The highest BCUT2D eigenvalue weighted by Gasteiger charge is 2.38.